The van der Waals surface area contributed by atoms with Crippen LogP contribution >= 0.6 is 15.9 Å². The molecule has 2 N–H and O–H groups in total. The van der Waals surface area contributed by atoms with Gasteiger partial charge in [0.2, 0.25) is 11.8 Å². The molecule has 0 fully saturated rings. The van der Waals surface area contributed by atoms with Crippen molar-refractivity contribution in [2.24, 2.45) is 4.99 Å². The van der Waals surface area contributed by atoms with E-state index in [-0.39, 0.29) is 18.1 Å². The van der Waals surface area contributed by atoms with E-state index in [0.717, 1.165) is 15.6 Å². The Morgan fingerprint density at radius 3 is 2.49 bits per heavy atom. The summed E-state index contributed by atoms with van der Waals surface area (Å²) >= 11 is 3.44. The van der Waals surface area contributed by atoms with Crippen molar-refractivity contribution in [2.45, 2.75) is 24.9 Å². The van der Waals surface area contributed by atoms with Crippen LogP contribution in [0.1, 0.15) is 16.7 Å². The fourth-order valence-electron chi connectivity index (χ4n) is 4.05. The number of carbonyl (C=O) groups excluding carboxylic acids is 2. The maximum absolute atomic E-state index is 14.4. The van der Waals surface area contributed by atoms with Crippen molar-refractivity contribution in [3.05, 3.63) is 117 Å². The van der Waals surface area contributed by atoms with Crippen molar-refractivity contribution in [1.29, 1.82) is 0 Å². The van der Waals surface area contributed by atoms with Crippen molar-refractivity contribution < 1.29 is 14.0 Å². The second-order valence-corrected chi connectivity index (χ2v) is 9.18. The number of benzene rings is 3. The molecule has 0 aliphatic carbocycles. The topological polar surface area (TPSA) is 70.6 Å². The van der Waals surface area contributed by atoms with E-state index in [1.807, 2.05) is 54.6 Å². The lowest BCUT2D eigenvalue weighted by Gasteiger charge is -2.20. The summed E-state index contributed by atoms with van der Waals surface area (Å²) in [5.41, 5.74) is 3.30. The predicted octanol–water partition coefficient (Wildman–Crippen LogP) is 4.40. The molecule has 7 heteroatoms. The van der Waals surface area contributed by atoms with Crippen molar-refractivity contribution in [3.8, 4) is 0 Å². The van der Waals surface area contributed by atoms with Gasteiger partial charge in [-0.25, -0.2) is 4.39 Å². The zero-order valence-electron chi connectivity index (χ0n) is 19.2. The van der Waals surface area contributed by atoms with Crippen molar-refractivity contribution in [3.63, 3.8) is 0 Å². The van der Waals surface area contributed by atoms with E-state index in [0.29, 0.717) is 23.3 Å². The molecule has 2 unspecified atom stereocenters. The molecule has 0 radical (unpaired) electrons. The number of halogens is 2. The molecule has 1 aliphatic rings. The zero-order valence-corrected chi connectivity index (χ0v) is 20.8. The Morgan fingerprint density at radius 2 is 1.77 bits per heavy atom. The zero-order chi connectivity index (χ0) is 24.8. The lowest BCUT2D eigenvalue weighted by atomic mass is 9.98. The predicted molar refractivity (Wildman–Crippen MR) is 139 cm³/mol. The fraction of sp³-hybridized carbons (Fsp3) is 0.179. The molecule has 5 nitrogen and oxygen atoms in total. The number of rotatable bonds is 8. The number of nitrogens with one attached hydrogen (secondary N) is 2. The molecule has 0 saturated heterocycles. The van der Waals surface area contributed by atoms with Crippen LogP contribution in [0.2, 0.25) is 0 Å². The molecule has 35 heavy (non-hydrogen) atoms. The third-order valence-corrected chi connectivity index (χ3v) is 6.34. The SMILES string of the molecule is CNC(=O)C(Cc1cccc(Br)c1)NC(=O)C1=CC(c2ccccc2)=NC1Cc1ccccc1F. The number of carbonyl (C=O) groups is 2. The van der Waals surface area contributed by atoms with Gasteiger partial charge in [-0.15, -0.1) is 0 Å². The second-order valence-electron chi connectivity index (χ2n) is 8.27. The van der Waals surface area contributed by atoms with Gasteiger partial charge in [0.05, 0.1) is 11.8 Å². The normalized spacial score (nSPS) is 15.7. The summed E-state index contributed by atoms with van der Waals surface area (Å²) < 4.78 is 15.3. The summed E-state index contributed by atoms with van der Waals surface area (Å²) in [7, 11) is 1.54. The highest BCUT2D eigenvalue weighted by molar-refractivity contribution is 9.10. The molecule has 1 heterocycles. The van der Waals surface area contributed by atoms with Gasteiger partial charge in [0, 0.05) is 29.9 Å². The average Bonchev–Trinajstić information content (AvgIpc) is 3.29. The first-order chi connectivity index (χ1) is 16.9. The third kappa shape index (κ3) is 6.11. The summed E-state index contributed by atoms with van der Waals surface area (Å²) in [6, 6.07) is 22.3. The highest BCUT2D eigenvalue weighted by Crippen LogP contribution is 2.24. The van der Waals surface area contributed by atoms with Gasteiger partial charge in [-0.1, -0.05) is 76.6 Å². The molecule has 1 aliphatic heterocycles. The Kier molecular flexibility index (Phi) is 7.87. The van der Waals surface area contributed by atoms with E-state index >= 15 is 0 Å². The Morgan fingerprint density at radius 1 is 1.03 bits per heavy atom. The molecular formula is C28H25BrFN3O2. The minimum absolute atomic E-state index is 0.235. The first kappa shape index (κ1) is 24.5. The molecule has 0 aromatic heterocycles. The van der Waals surface area contributed by atoms with E-state index < -0.39 is 18.0 Å². The van der Waals surface area contributed by atoms with Gasteiger partial charge in [-0.2, -0.15) is 0 Å². The molecule has 178 valence electrons. The lowest BCUT2D eigenvalue weighted by molar-refractivity contribution is -0.127. The highest BCUT2D eigenvalue weighted by atomic mass is 79.9. The fourth-order valence-corrected chi connectivity index (χ4v) is 4.50. The van der Waals surface area contributed by atoms with Crippen LogP contribution < -0.4 is 10.6 Å². The summed E-state index contributed by atoms with van der Waals surface area (Å²) in [4.78, 5) is 30.8. The summed E-state index contributed by atoms with van der Waals surface area (Å²) in [6.07, 6.45) is 2.29. The van der Waals surface area contributed by atoms with Crippen LogP contribution in [0.3, 0.4) is 0 Å². The molecule has 0 spiro atoms. The molecule has 3 aromatic rings. The van der Waals surface area contributed by atoms with Crippen LogP contribution in [0.4, 0.5) is 4.39 Å². The van der Waals surface area contributed by atoms with E-state index in [4.69, 9.17) is 4.99 Å². The quantitative estimate of drug-likeness (QED) is 0.450. The molecule has 3 aromatic carbocycles. The Balaban J connectivity index is 1.61. The van der Waals surface area contributed by atoms with Crippen LogP contribution in [0.15, 0.2) is 100.0 Å². The first-order valence-electron chi connectivity index (χ1n) is 11.3. The Hall–Kier alpha value is -3.58. The maximum Gasteiger partial charge on any atom is 0.250 e. The monoisotopic (exact) mass is 533 g/mol. The van der Waals surface area contributed by atoms with Gasteiger partial charge in [0.15, 0.2) is 0 Å². The van der Waals surface area contributed by atoms with Crippen LogP contribution in [0.5, 0.6) is 0 Å². The minimum Gasteiger partial charge on any atom is -0.357 e. The molecule has 2 amide bonds. The van der Waals surface area contributed by atoms with Crippen molar-refractivity contribution in [2.75, 3.05) is 7.05 Å². The van der Waals surface area contributed by atoms with Gasteiger partial charge in [-0.05, 0) is 41.0 Å². The number of hydrogen-bond acceptors (Lipinski definition) is 3. The molecule has 2 atom stereocenters. The largest absolute Gasteiger partial charge is 0.357 e. The number of allylic oxidation sites excluding steroid dienone is 1. The third-order valence-electron chi connectivity index (χ3n) is 5.85. The summed E-state index contributed by atoms with van der Waals surface area (Å²) in [5.74, 6) is -1.04. The molecule has 4 rings (SSSR count). The highest BCUT2D eigenvalue weighted by Gasteiger charge is 2.30. The van der Waals surface area contributed by atoms with Gasteiger partial charge in [0.25, 0.3) is 0 Å². The van der Waals surface area contributed by atoms with E-state index in [1.165, 1.54) is 13.1 Å². The van der Waals surface area contributed by atoms with E-state index in [1.54, 1.807) is 24.3 Å². The Bertz CT molecular complexity index is 1290. The van der Waals surface area contributed by atoms with Crippen LogP contribution in [0.25, 0.3) is 0 Å². The number of likely N-dealkylation sites (N-methyl/N-ethyl adjacent to an activating group) is 1. The minimum atomic E-state index is -0.780. The lowest BCUT2D eigenvalue weighted by Crippen LogP contribution is -2.48. The van der Waals surface area contributed by atoms with E-state index in [9.17, 15) is 14.0 Å². The van der Waals surface area contributed by atoms with Gasteiger partial charge < -0.3 is 10.6 Å². The standard InChI is InChI=1S/C28H25BrFN3O2/c1-31-28(35)26(15-18-8-7-12-21(29)14-18)33-27(34)22-17-24(19-9-3-2-4-10-19)32-25(22)16-20-11-5-6-13-23(20)30/h2-14,17,25-26H,15-16H2,1H3,(H,31,35)(H,33,34). The number of hydrogen-bond donors (Lipinski definition) is 2. The van der Waals surface area contributed by atoms with Crippen LogP contribution in [-0.2, 0) is 22.4 Å². The maximum atomic E-state index is 14.4. The van der Waals surface area contributed by atoms with Crippen LogP contribution in [-0.4, -0.2) is 36.7 Å². The number of amides is 2. The number of aliphatic imine (C=N–C) groups is 1. The van der Waals surface area contributed by atoms with Gasteiger partial charge in [-0.3, -0.25) is 14.6 Å². The molecular weight excluding hydrogens is 509 g/mol. The van der Waals surface area contributed by atoms with Crippen molar-refractivity contribution in [1.82, 2.24) is 10.6 Å². The Labute approximate surface area is 212 Å². The number of nitrogens with zero attached hydrogens (tertiary/aromatic N) is 1. The van der Waals surface area contributed by atoms with Crippen LogP contribution in [0, 0.1) is 5.82 Å². The second kappa shape index (κ2) is 11.2. The van der Waals surface area contributed by atoms with Crippen molar-refractivity contribution >= 4 is 33.5 Å². The molecule has 0 bridgehead atoms. The summed E-state index contributed by atoms with van der Waals surface area (Å²) in [6.45, 7) is 0. The van der Waals surface area contributed by atoms with E-state index in [2.05, 4.69) is 26.6 Å². The van der Waals surface area contributed by atoms with Gasteiger partial charge >= 0.3 is 0 Å². The molecule has 0 saturated carbocycles. The summed E-state index contributed by atoms with van der Waals surface area (Å²) in [5, 5.41) is 5.50. The first-order valence-corrected chi connectivity index (χ1v) is 12.1. The average molecular weight is 534 g/mol. The smallest absolute Gasteiger partial charge is 0.250 e. The van der Waals surface area contributed by atoms with Gasteiger partial charge in [0.1, 0.15) is 11.9 Å².